The van der Waals surface area contributed by atoms with E-state index in [9.17, 15) is 18.0 Å². The fraction of sp³-hybridized carbons (Fsp3) is 0.208. The molecule has 7 nitrogen and oxygen atoms in total. The van der Waals surface area contributed by atoms with E-state index in [-0.39, 0.29) is 18.9 Å². The van der Waals surface area contributed by atoms with E-state index in [1.54, 1.807) is 23.3 Å². The summed E-state index contributed by atoms with van der Waals surface area (Å²) in [7, 11) is 1.86. The monoisotopic (exact) mass is 466 g/mol. The molecule has 0 aliphatic heterocycles. The first kappa shape index (κ1) is 23.1. The van der Waals surface area contributed by atoms with Crippen molar-refractivity contribution in [3.63, 3.8) is 0 Å². The molecule has 1 aromatic carbocycles. The van der Waals surface area contributed by atoms with Crippen molar-refractivity contribution < 1.29 is 18.0 Å². The van der Waals surface area contributed by atoms with Crippen LogP contribution >= 0.6 is 0 Å². The number of carbonyl (C=O) groups excluding carboxylic acids is 1. The number of nitrogens with zero attached hydrogens (tertiary/aromatic N) is 5. The van der Waals surface area contributed by atoms with E-state index in [0.717, 1.165) is 34.5 Å². The topological polar surface area (TPSA) is 85.6 Å². The minimum Gasteiger partial charge on any atom is -0.350 e. The quantitative estimate of drug-likeness (QED) is 0.449. The highest BCUT2D eigenvalue weighted by molar-refractivity contribution is 5.78. The second-order valence-electron chi connectivity index (χ2n) is 7.77. The van der Waals surface area contributed by atoms with Crippen LogP contribution in [0.15, 0.2) is 67.4 Å². The van der Waals surface area contributed by atoms with Crippen LogP contribution in [0.25, 0.3) is 11.1 Å². The van der Waals surface area contributed by atoms with Crippen molar-refractivity contribution in [1.29, 1.82) is 0 Å². The van der Waals surface area contributed by atoms with Gasteiger partial charge in [0, 0.05) is 43.8 Å². The highest BCUT2D eigenvalue weighted by atomic mass is 19.4. The van der Waals surface area contributed by atoms with Gasteiger partial charge in [-0.1, -0.05) is 24.3 Å². The van der Waals surface area contributed by atoms with Crippen LogP contribution in [0.2, 0.25) is 0 Å². The third kappa shape index (κ3) is 6.03. The Kier molecular flexibility index (Phi) is 6.67. The number of alkyl halides is 3. The van der Waals surface area contributed by atoms with Crippen LogP contribution in [0.1, 0.15) is 28.2 Å². The predicted molar refractivity (Wildman–Crippen MR) is 118 cm³/mol. The summed E-state index contributed by atoms with van der Waals surface area (Å²) in [5.41, 5.74) is 3.15. The van der Waals surface area contributed by atoms with Gasteiger partial charge in [-0.25, -0.2) is 9.97 Å². The Hall–Kier alpha value is -4.08. The van der Waals surface area contributed by atoms with Gasteiger partial charge < -0.3 is 5.32 Å². The molecule has 0 atom stereocenters. The normalized spacial score (nSPS) is 11.4. The summed E-state index contributed by atoms with van der Waals surface area (Å²) in [6.45, 7) is 0.0534. The van der Waals surface area contributed by atoms with Crippen molar-refractivity contribution in [2.45, 2.75) is 25.6 Å². The summed E-state index contributed by atoms with van der Waals surface area (Å²) >= 11 is 0. The van der Waals surface area contributed by atoms with Gasteiger partial charge in [0.1, 0.15) is 5.82 Å². The zero-order valence-electron chi connectivity index (χ0n) is 18.3. The van der Waals surface area contributed by atoms with Crippen molar-refractivity contribution in [3.8, 4) is 11.1 Å². The number of carbonyl (C=O) groups is 1. The number of nitrogens with one attached hydrogen (secondary N) is 1. The molecule has 0 bridgehead atoms. The van der Waals surface area contributed by atoms with Crippen molar-refractivity contribution >= 4 is 5.91 Å². The van der Waals surface area contributed by atoms with Crippen molar-refractivity contribution in [2.75, 3.05) is 0 Å². The molecular weight excluding hydrogens is 445 g/mol. The third-order valence-electron chi connectivity index (χ3n) is 5.10. The lowest BCUT2D eigenvalue weighted by Gasteiger charge is -2.08. The molecule has 0 fully saturated rings. The summed E-state index contributed by atoms with van der Waals surface area (Å²) in [6.07, 6.45) is 4.29. The van der Waals surface area contributed by atoms with E-state index in [1.165, 1.54) is 6.07 Å². The van der Waals surface area contributed by atoms with Gasteiger partial charge in [-0.2, -0.15) is 18.3 Å². The summed E-state index contributed by atoms with van der Waals surface area (Å²) in [5, 5.41) is 6.81. The number of aryl methyl sites for hydroxylation is 1. The van der Waals surface area contributed by atoms with Gasteiger partial charge in [0.2, 0.25) is 5.91 Å². The largest absolute Gasteiger partial charge is 0.417 e. The number of amides is 1. The number of hydrogen-bond donors (Lipinski definition) is 1. The van der Waals surface area contributed by atoms with Crippen LogP contribution < -0.4 is 5.32 Å². The molecule has 10 heteroatoms. The minimum absolute atomic E-state index is 0.0534. The zero-order chi connectivity index (χ0) is 24.1. The van der Waals surface area contributed by atoms with E-state index in [4.69, 9.17) is 0 Å². The number of benzene rings is 1. The number of rotatable bonds is 7. The lowest BCUT2D eigenvalue weighted by molar-refractivity contribution is -0.137. The summed E-state index contributed by atoms with van der Waals surface area (Å²) in [6, 6.07) is 9.66. The highest BCUT2D eigenvalue weighted by Crippen LogP contribution is 2.28. The van der Waals surface area contributed by atoms with Crippen LogP contribution in [0.5, 0.6) is 0 Å². The van der Waals surface area contributed by atoms with Crippen LogP contribution in [0.4, 0.5) is 13.2 Å². The second-order valence-corrected chi connectivity index (χ2v) is 7.77. The number of pyridine rings is 1. The van der Waals surface area contributed by atoms with Crippen molar-refractivity contribution in [3.05, 3.63) is 95.6 Å². The first-order chi connectivity index (χ1) is 16.3. The first-order valence-electron chi connectivity index (χ1n) is 10.4. The Morgan fingerprint density at radius 1 is 0.912 bits per heavy atom. The van der Waals surface area contributed by atoms with Crippen LogP contribution in [0.3, 0.4) is 0 Å². The van der Waals surface area contributed by atoms with Crippen LogP contribution in [0, 0.1) is 0 Å². The Balaban J connectivity index is 1.29. The SMILES string of the molecule is Cn1cc(Cc2ncc(-c3ccc(CC(=O)NCc4ccc(C(F)(F)F)cn4)cc3)cn2)cn1. The molecule has 3 heterocycles. The molecular formula is C24H21F3N6O. The van der Waals surface area contributed by atoms with Gasteiger partial charge >= 0.3 is 6.18 Å². The Bertz CT molecular complexity index is 1250. The average Bonchev–Trinajstić information content (AvgIpc) is 3.23. The Morgan fingerprint density at radius 2 is 1.65 bits per heavy atom. The molecule has 174 valence electrons. The number of aromatic nitrogens is 5. The standard InChI is InChI=1S/C24H21F3N6O/c1-33-15-17(10-32-33)8-22-29-11-19(12-30-22)18-4-2-16(3-5-18)9-23(34)31-14-21-7-6-20(13-28-21)24(25,26)27/h2-7,10-13,15H,8-9,14H2,1H3,(H,31,34). The molecule has 0 radical (unpaired) electrons. The molecule has 0 aliphatic carbocycles. The van der Waals surface area contributed by atoms with Crippen LogP contribution in [-0.4, -0.2) is 30.6 Å². The molecule has 0 saturated heterocycles. The number of hydrogen-bond acceptors (Lipinski definition) is 5. The van der Waals surface area contributed by atoms with Gasteiger partial charge in [0.25, 0.3) is 0 Å². The summed E-state index contributed by atoms with van der Waals surface area (Å²) in [5.74, 6) is 0.449. The molecule has 0 saturated carbocycles. The minimum atomic E-state index is -4.44. The average molecular weight is 466 g/mol. The molecule has 3 aromatic heterocycles. The first-order valence-corrected chi connectivity index (χ1v) is 10.4. The Labute approximate surface area is 193 Å². The van der Waals surface area contributed by atoms with Crippen molar-refractivity contribution in [2.24, 2.45) is 7.05 Å². The van der Waals surface area contributed by atoms with E-state index in [0.29, 0.717) is 17.9 Å². The number of halogens is 3. The van der Waals surface area contributed by atoms with E-state index >= 15 is 0 Å². The molecule has 0 unspecified atom stereocenters. The maximum atomic E-state index is 12.6. The lowest BCUT2D eigenvalue weighted by atomic mass is 10.0. The molecule has 1 N–H and O–H groups in total. The summed E-state index contributed by atoms with van der Waals surface area (Å²) < 4.78 is 39.5. The van der Waals surface area contributed by atoms with Crippen LogP contribution in [-0.2, 0) is 37.4 Å². The zero-order valence-corrected chi connectivity index (χ0v) is 18.3. The maximum Gasteiger partial charge on any atom is 0.417 e. The van der Waals surface area contributed by atoms with E-state index < -0.39 is 11.7 Å². The molecule has 34 heavy (non-hydrogen) atoms. The highest BCUT2D eigenvalue weighted by Gasteiger charge is 2.30. The lowest BCUT2D eigenvalue weighted by Crippen LogP contribution is -2.25. The predicted octanol–water partition coefficient (Wildman–Crippen LogP) is 3.74. The second kappa shape index (κ2) is 9.82. The summed E-state index contributed by atoms with van der Waals surface area (Å²) in [4.78, 5) is 24.8. The fourth-order valence-electron chi connectivity index (χ4n) is 3.29. The van der Waals surface area contributed by atoms with Gasteiger partial charge in [-0.15, -0.1) is 0 Å². The van der Waals surface area contributed by atoms with Crippen molar-refractivity contribution in [1.82, 2.24) is 30.0 Å². The van der Waals surface area contributed by atoms with Gasteiger partial charge in [-0.3, -0.25) is 14.5 Å². The molecule has 4 aromatic rings. The third-order valence-corrected chi connectivity index (χ3v) is 5.10. The molecule has 4 rings (SSSR count). The van der Waals surface area contributed by atoms with Gasteiger partial charge in [0.15, 0.2) is 0 Å². The molecule has 0 spiro atoms. The Morgan fingerprint density at radius 3 is 2.24 bits per heavy atom. The fourth-order valence-corrected chi connectivity index (χ4v) is 3.29. The maximum absolute atomic E-state index is 12.6. The smallest absolute Gasteiger partial charge is 0.350 e. The van der Waals surface area contributed by atoms with Gasteiger partial charge in [0.05, 0.1) is 30.4 Å². The molecule has 0 aliphatic rings. The van der Waals surface area contributed by atoms with Gasteiger partial charge in [-0.05, 0) is 28.8 Å². The van der Waals surface area contributed by atoms with E-state index in [1.807, 2.05) is 37.5 Å². The van der Waals surface area contributed by atoms with E-state index in [2.05, 4.69) is 25.4 Å². The molecule has 1 amide bonds.